The second kappa shape index (κ2) is 6.01. The molecule has 1 fully saturated rings. The molecule has 1 aliphatic rings. The Bertz CT molecular complexity index is 680. The fraction of sp³-hybridized carbons (Fsp3) is 0.353. The summed E-state index contributed by atoms with van der Waals surface area (Å²) in [7, 11) is 0. The van der Waals surface area contributed by atoms with Crippen molar-refractivity contribution in [2.45, 2.75) is 24.5 Å². The molecule has 1 unspecified atom stereocenters. The molecular weight excluding hydrogens is 346 g/mol. The van der Waals surface area contributed by atoms with E-state index in [9.17, 15) is 4.79 Å². The Morgan fingerprint density at radius 2 is 2.05 bits per heavy atom. The SMILES string of the molecule is CC1(CNC(=O)c2ccc3cc(Br)ccc3c2)CCCS1. The maximum Gasteiger partial charge on any atom is 0.251 e. The van der Waals surface area contributed by atoms with Crippen molar-refractivity contribution in [3.8, 4) is 0 Å². The number of nitrogens with one attached hydrogen (secondary N) is 1. The quantitative estimate of drug-likeness (QED) is 0.861. The Balaban J connectivity index is 1.73. The smallest absolute Gasteiger partial charge is 0.251 e. The lowest BCUT2D eigenvalue weighted by Gasteiger charge is -2.22. The average Bonchev–Trinajstić information content (AvgIpc) is 2.91. The molecule has 2 aromatic rings. The summed E-state index contributed by atoms with van der Waals surface area (Å²) >= 11 is 5.43. The summed E-state index contributed by atoms with van der Waals surface area (Å²) in [5.41, 5.74) is 0.733. The molecule has 21 heavy (non-hydrogen) atoms. The van der Waals surface area contributed by atoms with Gasteiger partial charge in [-0.05, 0) is 60.6 Å². The Hall–Kier alpha value is -1.00. The monoisotopic (exact) mass is 363 g/mol. The van der Waals surface area contributed by atoms with Gasteiger partial charge in [-0.1, -0.05) is 28.1 Å². The van der Waals surface area contributed by atoms with E-state index in [1.165, 1.54) is 18.6 Å². The van der Waals surface area contributed by atoms with Crippen molar-refractivity contribution in [2.24, 2.45) is 0 Å². The van der Waals surface area contributed by atoms with Crippen LogP contribution >= 0.6 is 27.7 Å². The van der Waals surface area contributed by atoms with Gasteiger partial charge in [-0.25, -0.2) is 0 Å². The molecule has 4 heteroatoms. The summed E-state index contributed by atoms with van der Waals surface area (Å²) in [5.74, 6) is 1.23. The first-order valence-corrected chi connectivity index (χ1v) is 8.95. The number of hydrogen-bond acceptors (Lipinski definition) is 2. The van der Waals surface area contributed by atoms with Gasteiger partial charge in [0.05, 0.1) is 0 Å². The first kappa shape index (κ1) is 14.9. The van der Waals surface area contributed by atoms with E-state index in [-0.39, 0.29) is 10.7 Å². The van der Waals surface area contributed by atoms with Gasteiger partial charge in [-0.15, -0.1) is 0 Å². The van der Waals surface area contributed by atoms with Crippen molar-refractivity contribution in [1.82, 2.24) is 5.32 Å². The number of fused-ring (bicyclic) bond motifs is 1. The van der Waals surface area contributed by atoms with E-state index >= 15 is 0 Å². The first-order chi connectivity index (χ1) is 10.1. The van der Waals surface area contributed by atoms with E-state index < -0.39 is 0 Å². The third-order valence-electron chi connectivity index (χ3n) is 3.99. The molecule has 0 bridgehead atoms. The van der Waals surface area contributed by atoms with Crippen molar-refractivity contribution >= 4 is 44.4 Å². The van der Waals surface area contributed by atoms with Crippen LogP contribution in [0.4, 0.5) is 0 Å². The Morgan fingerprint density at radius 3 is 2.81 bits per heavy atom. The summed E-state index contributed by atoms with van der Waals surface area (Å²) in [5, 5.41) is 5.32. The highest BCUT2D eigenvalue weighted by Gasteiger charge is 2.29. The van der Waals surface area contributed by atoms with Gasteiger partial charge in [0, 0.05) is 21.3 Å². The van der Waals surface area contributed by atoms with Gasteiger partial charge >= 0.3 is 0 Å². The molecule has 0 saturated carbocycles. The maximum absolute atomic E-state index is 12.3. The minimum atomic E-state index is 0.0218. The minimum absolute atomic E-state index is 0.0218. The molecule has 0 aromatic heterocycles. The van der Waals surface area contributed by atoms with Crippen LogP contribution < -0.4 is 5.32 Å². The van der Waals surface area contributed by atoms with Crippen LogP contribution in [0.2, 0.25) is 0 Å². The van der Waals surface area contributed by atoms with Gasteiger partial charge in [0.25, 0.3) is 5.91 Å². The average molecular weight is 364 g/mol. The fourth-order valence-corrected chi connectivity index (χ4v) is 4.33. The van der Waals surface area contributed by atoms with E-state index in [0.29, 0.717) is 0 Å². The Kier molecular flexibility index (Phi) is 4.27. The number of thioether (sulfide) groups is 1. The van der Waals surface area contributed by atoms with E-state index in [0.717, 1.165) is 27.4 Å². The molecule has 0 radical (unpaired) electrons. The van der Waals surface area contributed by atoms with E-state index in [2.05, 4.69) is 34.2 Å². The second-order valence-electron chi connectivity index (χ2n) is 5.79. The summed E-state index contributed by atoms with van der Waals surface area (Å²) in [6.07, 6.45) is 2.44. The van der Waals surface area contributed by atoms with Crippen LogP contribution in [0.15, 0.2) is 40.9 Å². The summed E-state index contributed by atoms with van der Waals surface area (Å²) < 4.78 is 1.26. The van der Waals surface area contributed by atoms with Crippen LogP contribution in [0, 0.1) is 0 Å². The summed E-state index contributed by atoms with van der Waals surface area (Å²) in [6.45, 7) is 2.98. The largest absolute Gasteiger partial charge is 0.351 e. The molecule has 0 aliphatic carbocycles. The van der Waals surface area contributed by atoms with Gasteiger partial charge in [0.15, 0.2) is 0 Å². The molecule has 1 N–H and O–H groups in total. The van der Waals surface area contributed by atoms with Crippen LogP contribution in [0.25, 0.3) is 10.8 Å². The topological polar surface area (TPSA) is 29.1 Å². The van der Waals surface area contributed by atoms with E-state index in [4.69, 9.17) is 0 Å². The van der Waals surface area contributed by atoms with Crippen molar-refractivity contribution in [3.05, 3.63) is 46.4 Å². The van der Waals surface area contributed by atoms with Gasteiger partial charge < -0.3 is 5.32 Å². The molecule has 2 aromatic carbocycles. The van der Waals surface area contributed by atoms with E-state index in [1.54, 1.807) is 0 Å². The number of benzene rings is 2. The highest BCUT2D eigenvalue weighted by molar-refractivity contribution is 9.10. The maximum atomic E-state index is 12.3. The lowest BCUT2D eigenvalue weighted by molar-refractivity contribution is 0.0950. The number of halogens is 1. The molecule has 0 spiro atoms. The number of carbonyl (C=O) groups excluding carboxylic acids is 1. The lowest BCUT2D eigenvalue weighted by atomic mass is 10.0. The first-order valence-electron chi connectivity index (χ1n) is 7.17. The van der Waals surface area contributed by atoms with Crippen molar-refractivity contribution < 1.29 is 4.79 Å². The third-order valence-corrected chi connectivity index (χ3v) is 6.02. The summed E-state index contributed by atoms with van der Waals surface area (Å²) in [4.78, 5) is 12.3. The third kappa shape index (κ3) is 3.43. The predicted molar refractivity (Wildman–Crippen MR) is 94.1 cm³/mol. The van der Waals surface area contributed by atoms with Crippen molar-refractivity contribution in [3.63, 3.8) is 0 Å². The number of rotatable bonds is 3. The zero-order valence-electron chi connectivity index (χ0n) is 12.0. The number of hydrogen-bond donors (Lipinski definition) is 1. The van der Waals surface area contributed by atoms with Gasteiger partial charge in [0.2, 0.25) is 0 Å². The van der Waals surface area contributed by atoms with E-state index in [1.807, 2.05) is 42.1 Å². The number of carbonyl (C=O) groups is 1. The highest BCUT2D eigenvalue weighted by atomic mass is 79.9. The van der Waals surface area contributed by atoms with Crippen molar-refractivity contribution in [1.29, 1.82) is 0 Å². The molecule has 1 saturated heterocycles. The van der Waals surface area contributed by atoms with Gasteiger partial charge in [-0.3, -0.25) is 4.79 Å². The molecular formula is C17H18BrNOS. The Morgan fingerprint density at radius 1 is 1.29 bits per heavy atom. The van der Waals surface area contributed by atoms with Gasteiger partial charge in [-0.2, -0.15) is 11.8 Å². The zero-order chi connectivity index (χ0) is 14.9. The molecule has 1 heterocycles. The predicted octanol–water partition coefficient (Wildman–Crippen LogP) is 4.62. The second-order valence-corrected chi connectivity index (χ2v) is 8.39. The fourth-order valence-electron chi connectivity index (χ4n) is 2.70. The molecule has 1 atom stereocenters. The number of amides is 1. The van der Waals surface area contributed by atoms with Crippen LogP contribution in [-0.2, 0) is 0 Å². The molecule has 110 valence electrons. The molecule has 1 aliphatic heterocycles. The normalized spacial score (nSPS) is 21.6. The highest BCUT2D eigenvalue weighted by Crippen LogP contribution is 2.37. The Labute approximate surface area is 137 Å². The molecule has 3 rings (SSSR count). The van der Waals surface area contributed by atoms with Crippen LogP contribution in [0.1, 0.15) is 30.1 Å². The van der Waals surface area contributed by atoms with Gasteiger partial charge in [0.1, 0.15) is 0 Å². The lowest BCUT2D eigenvalue weighted by Crippen LogP contribution is -2.36. The molecule has 2 nitrogen and oxygen atoms in total. The van der Waals surface area contributed by atoms with Crippen molar-refractivity contribution in [2.75, 3.05) is 12.3 Å². The standard InChI is InChI=1S/C17H18BrNOS/c1-17(7-2-8-21-17)11-19-16(20)14-4-3-13-10-15(18)6-5-12(13)9-14/h3-6,9-10H,2,7-8,11H2,1H3,(H,19,20). The van der Waals surface area contributed by atoms with Crippen LogP contribution in [-0.4, -0.2) is 23.0 Å². The molecule has 1 amide bonds. The van der Waals surface area contributed by atoms with Crippen LogP contribution in [0.5, 0.6) is 0 Å². The zero-order valence-corrected chi connectivity index (χ0v) is 14.4. The summed E-state index contributed by atoms with van der Waals surface area (Å²) in [6, 6.07) is 12.0. The minimum Gasteiger partial charge on any atom is -0.351 e. The van der Waals surface area contributed by atoms with Crippen LogP contribution in [0.3, 0.4) is 0 Å².